The summed E-state index contributed by atoms with van der Waals surface area (Å²) in [5, 5.41) is 0. The Morgan fingerprint density at radius 2 is 1.78 bits per heavy atom. The molecule has 0 aromatic carbocycles. The Kier molecular flexibility index (Phi) is 1.30. The average Bonchev–Trinajstić information content (AvgIpc) is 2.60. The predicted molar refractivity (Wildman–Crippen MR) is 39.6 cm³/mol. The molecule has 0 heterocycles. The molecule has 0 saturated heterocycles. The van der Waals surface area contributed by atoms with Crippen LogP contribution in [-0.2, 0) is 0 Å². The highest BCUT2D eigenvalue weighted by Gasteiger charge is 2.48. The quantitative estimate of drug-likeness (QED) is 0.390. The van der Waals surface area contributed by atoms with E-state index >= 15 is 0 Å². The van der Waals surface area contributed by atoms with E-state index in [0.717, 1.165) is 23.6 Å². The molecule has 2 aliphatic rings. The lowest BCUT2D eigenvalue weighted by Gasteiger charge is -1.96. The van der Waals surface area contributed by atoms with Crippen molar-refractivity contribution in [3.63, 3.8) is 0 Å². The van der Waals surface area contributed by atoms with Crippen LogP contribution in [0.15, 0.2) is 12.2 Å². The zero-order chi connectivity index (χ0) is 6.27. The Hall–Kier alpha value is 0.0300. The van der Waals surface area contributed by atoms with Crippen LogP contribution in [0.3, 0.4) is 0 Å². The largest absolute Gasteiger partial charge is 0.126 e. The van der Waals surface area contributed by atoms with E-state index in [1.165, 1.54) is 12.8 Å². The smallest absolute Gasteiger partial charge is 0.0257 e. The number of fused-ring (bicyclic) bond motifs is 1. The summed E-state index contributed by atoms with van der Waals surface area (Å²) in [6.45, 7) is 0. The highest BCUT2D eigenvalue weighted by atomic mass is 35.5. The van der Waals surface area contributed by atoms with Gasteiger partial charge in [-0.1, -0.05) is 12.2 Å². The van der Waals surface area contributed by atoms with Crippen molar-refractivity contribution < 1.29 is 0 Å². The topological polar surface area (TPSA) is 0 Å². The normalized spacial score (nSPS) is 46.6. The predicted octanol–water partition coefficient (Wildman–Crippen LogP) is 2.44. The van der Waals surface area contributed by atoms with Crippen molar-refractivity contribution in [2.45, 2.75) is 12.8 Å². The van der Waals surface area contributed by atoms with Gasteiger partial charge in [0.05, 0.1) is 0 Å². The fourth-order valence-corrected chi connectivity index (χ4v) is 2.42. The van der Waals surface area contributed by atoms with Gasteiger partial charge in [0.1, 0.15) is 0 Å². The number of alkyl halides is 1. The lowest BCUT2D eigenvalue weighted by molar-refractivity contribution is 0.689. The zero-order valence-electron chi connectivity index (χ0n) is 5.39. The van der Waals surface area contributed by atoms with Gasteiger partial charge in [-0.3, -0.25) is 0 Å². The molecule has 0 aliphatic heterocycles. The monoisotopic (exact) mass is 142 g/mol. The lowest BCUT2D eigenvalue weighted by atomic mass is 10.1. The van der Waals surface area contributed by atoms with Crippen molar-refractivity contribution in [1.82, 2.24) is 0 Å². The fourth-order valence-electron chi connectivity index (χ4n) is 1.96. The van der Waals surface area contributed by atoms with Crippen molar-refractivity contribution in [2.75, 3.05) is 5.88 Å². The second-order valence-corrected chi connectivity index (χ2v) is 3.40. The average molecular weight is 143 g/mol. The van der Waals surface area contributed by atoms with E-state index in [0.29, 0.717) is 0 Å². The van der Waals surface area contributed by atoms with Gasteiger partial charge in [-0.2, -0.15) is 0 Å². The Bertz CT molecular complexity index is 126. The molecule has 1 fully saturated rings. The maximum Gasteiger partial charge on any atom is 0.0257 e. The van der Waals surface area contributed by atoms with Crippen molar-refractivity contribution in [3.05, 3.63) is 12.2 Å². The van der Waals surface area contributed by atoms with E-state index in [9.17, 15) is 0 Å². The van der Waals surface area contributed by atoms with Crippen LogP contribution >= 0.6 is 11.6 Å². The van der Waals surface area contributed by atoms with Gasteiger partial charge < -0.3 is 0 Å². The summed E-state index contributed by atoms with van der Waals surface area (Å²) in [7, 11) is 0. The molecule has 0 nitrogen and oxygen atoms in total. The molecule has 0 bridgehead atoms. The van der Waals surface area contributed by atoms with Crippen molar-refractivity contribution in [3.8, 4) is 0 Å². The third-order valence-electron chi connectivity index (χ3n) is 2.67. The Morgan fingerprint density at radius 1 is 1.22 bits per heavy atom. The van der Waals surface area contributed by atoms with Gasteiger partial charge in [0.25, 0.3) is 0 Å². The number of allylic oxidation sites excluding steroid dienone is 2. The molecule has 1 unspecified atom stereocenters. The van der Waals surface area contributed by atoms with Gasteiger partial charge in [-0.15, -0.1) is 11.6 Å². The molecule has 1 heteroatoms. The maximum absolute atomic E-state index is 5.75. The summed E-state index contributed by atoms with van der Waals surface area (Å²) in [5.41, 5.74) is 0. The van der Waals surface area contributed by atoms with Gasteiger partial charge in [-0.05, 0) is 30.6 Å². The molecule has 0 amide bonds. The molecule has 0 N–H and O–H groups in total. The first kappa shape index (κ1) is 5.79. The highest BCUT2D eigenvalue weighted by molar-refractivity contribution is 6.18. The Labute approximate surface area is 60.9 Å². The van der Waals surface area contributed by atoms with Gasteiger partial charge in [-0.25, -0.2) is 0 Å². The first-order valence-electron chi connectivity index (χ1n) is 3.64. The molecule has 2 rings (SSSR count). The first-order valence-corrected chi connectivity index (χ1v) is 4.18. The summed E-state index contributed by atoms with van der Waals surface area (Å²) in [6.07, 6.45) is 7.19. The first-order chi connectivity index (χ1) is 4.43. The summed E-state index contributed by atoms with van der Waals surface area (Å²) in [6, 6.07) is 0. The lowest BCUT2D eigenvalue weighted by Crippen LogP contribution is -1.83. The summed E-state index contributed by atoms with van der Waals surface area (Å²) < 4.78 is 0. The molecule has 3 atom stereocenters. The second kappa shape index (κ2) is 2.02. The van der Waals surface area contributed by atoms with Crippen molar-refractivity contribution in [2.24, 2.45) is 17.8 Å². The highest BCUT2D eigenvalue weighted by Crippen LogP contribution is 2.53. The van der Waals surface area contributed by atoms with Crippen LogP contribution in [0, 0.1) is 17.8 Å². The Balaban J connectivity index is 1.98. The summed E-state index contributed by atoms with van der Waals surface area (Å²) in [4.78, 5) is 0. The van der Waals surface area contributed by atoms with Gasteiger partial charge in [0.15, 0.2) is 0 Å². The maximum atomic E-state index is 5.75. The molecule has 0 aromatic rings. The zero-order valence-corrected chi connectivity index (χ0v) is 6.14. The van der Waals surface area contributed by atoms with Crippen LogP contribution in [0.5, 0.6) is 0 Å². The summed E-state index contributed by atoms with van der Waals surface area (Å²) in [5.74, 6) is 3.68. The Morgan fingerprint density at radius 3 is 2.22 bits per heavy atom. The van der Waals surface area contributed by atoms with Crippen LogP contribution in [0.1, 0.15) is 12.8 Å². The molecular formula is C8H11Cl. The van der Waals surface area contributed by atoms with Crippen molar-refractivity contribution >= 4 is 11.6 Å². The molecule has 2 aliphatic carbocycles. The van der Waals surface area contributed by atoms with Crippen LogP contribution < -0.4 is 0 Å². The van der Waals surface area contributed by atoms with E-state index in [1.807, 2.05) is 0 Å². The standard InChI is InChI=1S/C8H11Cl/c9-5-8-6-3-1-2-4-7(6)8/h1-2,6-8H,3-5H2/t6-,7+,8?. The van der Waals surface area contributed by atoms with Crippen LogP contribution in [0.4, 0.5) is 0 Å². The van der Waals surface area contributed by atoms with Crippen LogP contribution in [0.25, 0.3) is 0 Å². The number of rotatable bonds is 1. The fraction of sp³-hybridized carbons (Fsp3) is 0.750. The van der Waals surface area contributed by atoms with Gasteiger partial charge >= 0.3 is 0 Å². The summed E-state index contributed by atoms with van der Waals surface area (Å²) >= 11 is 5.75. The minimum absolute atomic E-state index is 0.863. The SMILES string of the molecule is ClCC1[C@H]2CC=CC[C@@H]12. The van der Waals surface area contributed by atoms with E-state index in [1.54, 1.807) is 0 Å². The van der Waals surface area contributed by atoms with Crippen LogP contribution in [-0.4, -0.2) is 5.88 Å². The third kappa shape index (κ3) is 0.806. The number of halogens is 1. The molecule has 0 spiro atoms. The van der Waals surface area contributed by atoms with E-state index < -0.39 is 0 Å². The van der Waals surface area contributed by atoms with E-state index in [-0.39, 0.29) is 0 Å². The number of hydrogen-bond donors (Lipinski definition) is 0. The van der Waals surface area contributed by atoms with E-state index in [2.05, 4.69) is 12.2 Å². The van der Waals surface area contributed by atoms with Crippen molar-refractivity contribution in [1.29, 1.82) is 0 Å². The minimum Gasteiger partial charge on any atom is -0.126 e. The minimum atomic E-state index is 0.863. The molecule has 9 heavy (non-hydrogen) atoms. The van der Waals surface area contributed by atoms with Crippen LogP contribution in [0.2, 0.25) is 0 Å². The molecule has 1 saturated carbocycles. The number of hydrogen-bond acceptors (Lipinski definition) is 0. The van der Waals surface area contributed by atoms with E-state index in [4.69, 9.17) is 11.6 Å². The molecule has 0 aromatic heterocycles. The molecular weight excluding hydrogens is 132 g/mol. The second-order valence-electron chi connectivity index (χ2n) is 3.09. The van der Waals surface area contributed by atoms with Gasteiger partial charge in [0.2, 0.25) is 0 Å². The molecule has 50 valence electrons. The van der Waals surface area contributed by atoms with Gasteiger partial charge in [0, 0.05) is 5.88 Å². The molecule has 0 radical (unpaired) electrons. The third-order valence-corrected chi connectivity index (χ3v) is 3.03.